The van der Waals surface area contributed by atoms with Crippen molar-refractivity contribution >= 4 is 40.4 Å². The number of anilines is 3. The van der Waals surface area contributed by atoms with Crippen LogP contribution in [0.25, 0.3) is 10.4 Å². The standard InChI is InChI=1S/C23H24N4O3S/c1-26-11-10-18(14-26)27(23(29)30)17-7-4-15(5-8-17)22(28)25-20-13-16(6-9-19(20)24)21-3-2-12-31-21/h2-9,12-13,18H,10-11,14,24H2,1H3,(H,25,28)(H,29,30). The fourth-order valence-corrected chi connectivity index (χ4v) is 4.55. The van der Waals surface area contributed by atoms with Crippen LogP contribution in [-0.2, 0) is 0 Å². The van der Waals surface area contributed by atoms with Gasteiger partial charge in [0.1, 0.15) is 0 Å². The molecule has 1 atom stereocenters. The summed E-state index contributed by atoms with van der Waals surface area (Å²) in [4.78, 5) is 29.2. The maximum atomic E-state index is 12.8. The van der Waals surface area contributed by atoms with Crippen molar-refractivity contribution in [1.29, 1.82) is 0 Å². The lowest BCUT2D eigenvalue weighted by molar-refractivity contribution is 0.102. The normalized spacial score (nSPS) is 16.2. The fraction of sp³-hybridized carbons (Fsp3) is 0.217. The van der Waals surface area contributed by atoms with Crippen molar-refractivity contribution in [3.05, 3.63) is 65.5 Å². The van der Waals surface area contributed by atoms with Crippen LogP contribution < -0.4 is 16.0 Å². The van der Waals surface area contributed by atoms with Gasteiger partial charge in [0.05, 0.1) is 17.4 Å². The molecule has 0 spiro atoms. The highest BCUT2D eigenvalue weighted by molar-refractivity contribution is 7.13. The highest BCUT2D eigenvalue weighted by Crippen LogP contribution is 2.30. The topological polar surface area (TPSA) is 98.9 Å². The Labute approximate surface area is 184 Å². The third kappa shape index (κ3) is 4.55. The Hall–Kier alpha value is -3.36. The predicted octanol–water partition coefficient (Wildman–Crippen LogP) is 4.44. The summed E-state index contributed by atoms with van der Waals surface area (Å²) in [6.45, 7) is 1.55. The van der Waals surface area contributed by atoms with Gasteiger partial charge >= 0.3 is 6.09 Å². The monoisotopic (exact) mass is 436 g/mol. The number of rotatable bonds is 5. The van der Waals surface area contributed by atoms with Crippen LogP contribution in [0.1, 0.15) is 16.8 Å². The van der Waals surface area contributed by atoms with Crippen LogP contribution in [-0.4, -0.2) is 48.2 Å². The number of carbonyl (C=O) groups is 2. The van der Waals surface area contributed by atoms with E-state index in [0.29, 0.717) is 29.2 Å². The molecule has 4 N–H and O–H groups in total. The molecule has 0 radical (unpaired) electrons. The number of amides is 2. The quantitative estimate of drug-likeness (QED) is 0.514. The molecular weight excluding hydrogens is 412 g/mol. The second-order valence-corrected chi connectivity index (χ2v) is 8.59. The Morgan fingerprint density at radius 2 is 1.97 bits per heavy atom. The van der Waals surface area contributed by atoms with E-state index in [9.17, 15) is 14.7 Å². The summed E-state index contributed by atoms with van der Waals surface area (Å²) in [5, 5.41) is 14.6. The maximum Gasteiger partial charge on any atom is 0.412 e. The first-order valence-corrected chi connectivity index (χ1v) is 10.9. The van der Waals surface area contributed by atoms with Gasteiger partial charge in [0, 0.05) is 22.7 Å². The van der Waals surface area contributed by atoms with Gasteiger partial charge in [0.15, 0.2) is 0 Å². The maximum absolute atomic E-state index is 12.8. The number of carboxylic acid groups (broad SMARTS) is 1. The molecule has 0 bridgehead atoms. The number of hydrogen-bond donors (Lipinski definition) is 3. The number of nitrogens with one attached hydrogen (secondary N) is 1. The Kier molecular flexibility index (Phi) is 5.92. The molecule has 1 fully saturated rings. The molecule has 31 heavy (non-hydrogen) atoms. The number of nitrogen functional groups attached to an aromatic ring is 1. The van der Waals surface area contributed by atoms with Gasteiger partial charge in [-0.1, -0.05) is 12.1 Å². The molecule has 4 rings (SSSR count). The van der Waals surface area contributed by atoms with E-state index < -0.39 is 6.09 Å². The molecule has 2 aromatic carbocycles. The number of hydrogen-bond acceptors (Lipinski definition) is 5. The summed E-state index contributed by atoms with van der Waals surface area (Å²) < 4.78 is 0. The van der Waals surface area contributed by atoms with E-state index in [1.807, 2.05) is 36.7 Å². The van der Waals surface area contributed by atoms with Gasteiger partial charge in [-0.3, -0.25) is 9.69 Å². The van der Waals surface area contributed by atoms with Crippen LogP contribution in [0.2, 0.25) is 0 Å². The zero-order valence-electron chi connectivity index (χ0n) is 17.1. The first-order valence-electron chi connectivity index (χ1n) is 9.98. The SMILES string of the molecule is CN1CCC(N(C(=O)O)c2ccc(C(=O)Nc3cc(-c4cccs4)ccc3N)cc2)C1. The minimum atomic E-state index is -0.990. The van der Waals surface area contributed by atoms with Crippen molar-refractivity contribution < 1.29 is 14.7 Å². The molecule has 8 heteroatoms. The number of thiophene rings is 1. The molecule has 160 valence electrons. The molecule has 1 saturated heterocycles. The molecule has 0 aliphatic carbocycles. The summed E-state index contributed by atoms with van der Waals surface area (Å²) in [6, 6.07) is 16.1. The highest BCUT2D eigenvalue weighted by Gasteiger charge is 2.30. The Morgan fingerprint density at radius 3 is 2.58 bits per heavy atom. The van der Waals surface area contributed by atoms with Crippen LogP contribution in [0.3, 0.4) is 0 Å². The molecule has 1 unspecified atom stereocenters. The van der Waals surface area contributed by atoms with E-state index in [1.54, 1.807) is 41.7 Å². The van der Waals surface area contributed by atoms with Gasteiger partial charge in [-0.05, 0) is 73.4 Å². The number of likely N-dealkylation sites (tertiary alicyclic amines) is 1. The lowest BCUT2D eigenvalue weighted by atomic mass is 10.1. The molecular formula is C23H24N4O3S. The number of nitrogens with two attached hydrogens (primary N) is 1. The Morgan fingerprint density at radius 1 is 1.19 bits per heavy atom. The van der Waals surface area contributed by atoms with E-state index in [-0.39, 0.29) is 11.9 Å². The summed E-state index contributed by atoms with van der Waals surface area (Å²) in [5.74, 6) is -0.302. The van der Waals surface area contributed by atoms with Crippen LogP contribution >= 0.6 is 11.3 Å². The Balaban J connectivity index is 1.51. The fourth-order valence-electron chi connectivity index (χ4n) is 3.83. The van der Waals surface area contributed by atoms with Crippen molar-refractivity contribution in [2.24, 2.45) is 0 Å². The van der Waals surface area contributed by atoms with Gasteiger partial charge in [-0.15, -0.1) is 11.3 Å². The second kappa shape index (κ2) is 8.79. The largest absolute Gasteiger partial charge is 0.465 e. The number of likely N-dealkylation sites (N-methyl/N-ethyl adjacent to an activating group) is 1. The van der Waals surface area contributed by atoms with E-state index in [1.165, 1.54) is 4.90 Å². The molecule has 3 aromatic rings. The molecule has 1 aliphatic heterocycles. The number of carbonyl (C=O) groups excluding carboxylic acids is 1. The van der Waals surface area contributed by atoms with Crippen LogP contribution in [0.5, 0.6) is 0 Å². The second-order valence-electron chi connectivity index (χ2n) is 7.64. The lowest BCUT2D eigenvalue weighted by Gasteiger charge is -2.26. The van der Waals surface area contributed by atoms with E-state index >= 15 is 0 Å². The molecule has 2 heterocycles. The highest BCUT2D eigenvalue weighted by atomic mass is 32.1. The van der Waals surface area contributed by atoms with Crippen LogP contribution in [0, 0.1) is 0 Å². The summed E-state index contributed by atoms with van der Waals surface area (Å²) >= 11 is 1.61. The van der Waals surface area contributed by atoms with Crippen molar-refractivity contribution in [3.63, 3.8) is 0 Å². The Bertz CT molecular complexity index is 1080. The zero-order valence-corrected chi connectivity index (χ0v) is 17.9. The van der Waals surface area contributed by atoms with Crippen LogP contribution in [0.4, 0.5) is 21.9 Å². The number of nitrogens with zero attached hydrogens (tertiary/aromatic N) is 2. The zero-order chi connectivity index (χ0) is 22.0. The summed E-state index contributed by atoms with van der Waals surface area (Å²) in [5.41, 5.74) is 9.05. The van der Waals surface area contributed by atoms with Gasteiger partial charge < -0.3 is 21.1 Å². The van der Waals surface area contributed by atoms with Crippen LogP contribution in [0.15, 0.2) is 60.0 Å². The van der Waals surface area contributed by atoms with Crippen molar-refractivity contribution in [2.45, 2.75) is 12.5 Å². The average molecular weight is 437 g/mol. The van der Waals surface area contributed by atoms with Crippen molar-refractivity contribution in [1.82, 2.24) is 4.90 Å². The first-order chi connectivity index (χ1) is 14.9. The van der Waals surface area contributed by atoms with Gasteiger partial charge in [-0.25, -0.2) is 4.79 Å². The molecule has 1 aromatic heterocycles. The minimum absolute atomic E-state index is 0.0954. The predicted molar refractivity (Wildman–Crippen MR) is 125 cm³/mol. The summed E-state index contributed by atoms with van der Waals surface area (Å²) in [7, 11) is 1.98. The molecule has 0 saturated carbocycles. The van der Waals surface area contributed by atoms with Gasteiger partial charge in [0.2, 0.25) is 0 Å². The third-order valence-electron chi connectivity index (χ3n) is 5.45. The smallest absolute Gasteiger partial charge is 0.412 e. The van der Waals surface area contributed by atoms with E-state index in [4.69, 9.17) is 5.73 Å². The average Bonchev–Trinajstić information content (AvgIpc) is 3.42. The van der Waals surface area contributed by atoms with Crippen molar-refractivity contribution in [2.75, 3.05) is 36.1 Å². The lowest BCUT2D eigenvalue weighted by Crippen LogP contribution is -2.41. The first kappa shape index (κ1) is 20.9. The van der Waals surface area contributed by atoms with E-state index in [0.717, 1.165) is 23.4 Å². The van der Waals surface area contributed by atoms with E-state index in [2.05, 4.69) is 10.2 Å². The molecule has 1 aliphatic rings. The van der Waals surface area contributed by atoms with Crippen molar-refractivity contribution in [3.8, 4) is 10.4 Å². The van der Waals surface area contributed by atoms with Gasteiger partial charge in [-0.2, -0.15) is 0 Å². The minimum Gasteiger partial charge on any atom is -0.465 e. The third-order valence-corrected chi connectivity index (χ3v) is 6.37. The van der Waals surface area contributed by atoms with Gasteiger partial charge in [0.25, 0.3) is 5.91 Å². The summed E-state index contributed by atoms with van der Waals surface area (Å²) in [6.07, 6.45) is -0.207. The molecule has 2 amide bonds. The number of benzene rings is 2. The molecule has 7 nitrogen and oxygen atoms in total.